The van der Waals surface area contributed by atoms with E-state index >= 15 is 0 Å². The van der Waals surface area contributed by atoms with Crippen LogP contribution in [-0.4, -0.2) is 18.8 Å². The van der Waals surface area contributed by atoms with Gasteiger partial charge in [-0.25, -0.2) is 0 Å². The number of carbonyl (C=O) groups is 2. The molecule has 23 heavy (non-hydrogen) atoms. The zero-order valence-corrected chi connectivity index (χ0v) is 12.8. The summed E-state index contributed by atoms with van der Waals surface area (Å²) in [6.07, 6.45) is 3.02. The second-order valence-electron chi connectivity index (χ2n) is 4.78. The minimum Gasteiger partial charge on any atom is -0.497 e. The van der Waals surface area contributed by atoms with Gasteiger partial charge in [-0.2, -0.15) is 0 Å². The smallest absolute Gasteiger partial charge is 0.242 e. The van der Waals surface area contributed by atoms with E-state index in [0.29, 0.717) is 11.3 Å². The molecule has 0 fully saturated rings. The summed E-state index contributed by atoms with van der Waals surface area (Å²) in [4.78, 5) is 23.6. The van der Waals surface area contributed by atoms with Crippen molar-refractivity contribution >= 4 is 11.7 Å². The highest BCUT2D eigenvalue weighted by molar-refractivity contribution is 6.04. The Hall–Kier alpha value is -3.08. The van der Waals surface area contributed by atoms with Gasteiger partial charge in [0.1, 0.15) is 5.75 Å². The van der Waals surface area contributed by atoms with E-state index in [1.54, 1.807) is 31.4 Å². The second kappa shape index (κ2) is 8.38. The number of nitrogens with one attached hydrogen (secondary N) is 2. The van der Waals surface area contributed by atoms with E-state index in [2.05, 4.69) is 10.9 Å². The molecule has 2 N–H and O–H groups in total. The molecule has 1 amide bonds. The summed E-state index contributed by atoms with van der Waals surface area (Å²) in [5.41, 5.74) is 6.57. The largest absolute Gasteiger partial charge is 0.497 e. The van der Waals surface area contributed by atoms with Crippen molar-refractivity contribution in [2.24, 2.45) is 0 Å². The van der Waals surface area contributed by atoms with Crippen LogP contribution in [0, 0.1) is 0 Å². The lowest BCUT2D eigenvalue weighted by Crippen LogP contribution is -2.34. The van der Waals surface area contributed by atoms with Gasteiger partial charge in [0.15, 0.2) is 5.78 Å². The Morgan fingerprint density at radius 1 is 1.04 bits per heavy atom. The van der Waals surface area contributed by atoms with Crippen LogP contribution in [0.1, 0.15) is 15.9 Å². The van der Waals surface area contributed by atoms with Crippen molar-refractivity contribution in [3.63, 3.8) is 0 Å². The van der Waals surface area contributed by atoms with Gasteiger partial charge in [-0.1, -0.05) is 30.3 Å². The summed E-state index contributed by atoms with van der Waals surface area (Å²) >= 11 is 0. The fraction of sp³-hybridized carbons (Fsp3) is 0.111. The van der Waals surface area contributed by atoms with E-state index in [0.717, 1.165) is 5.56 Å². The third kappa shape index (κ3) is 5.32. The first-order chi connectivity index (χ1) is 11.2. The first kappa shape index (κ1) is 16.3. The van der Waals surface area contributed by atoms with Gasteiger partial charge in [0, 0.05) is 17.8 Å². The number of benzene rings is 2. The van der Waals surface area contributed by atoms with Crippen LogP contribution in [0.2, 0.25) is 0 Å². The molecule has 0 aliphatic heterocycles. The van der Waals surface area contributed by atoms with Gasteiger partial charge in [-0.05, 0) is 29.8 Å². The SMILES string of the molecule is COc1ccc(C(=O)C=CNNC(=O)Cc2ccccc2)cc1. The molecular formula is C18H18N2O3. The molecule has 0 saturated carbocycles. The van der Waals surface area contributed by atoms with Crippen LogP contribution in [0.15, 0.2) is 66.9 Å². The predicted molar refractivity (Wildman–Crippen MR) is 87.9 cm³/mol. The highest BCUT2D eigenvalue weighted by Crippen LogP contribution is 2.11. The number of hydrogen-bond acceptors (Lipinski definition) is 4. The van der Waals surface area contributed by atoms with Gasteiger partial charge in [0.25, 0.3) is 0 Å². The summed E-state index contributed by atoms with van der Waals surface area (Å²) in [7, 11) is 1.57. The average molecular weight is 310 g/mol. The number of ether oxygens (including phenoxy) is 1. The molecule has 5 heteroatoms. The van der Waals surface area contributed by atoms with Crippen molar-refractivity contribution in [1.82, 2.24) is 10.9 Å². The maximum Gasteiger partial charge on any atom is 0.242 e. The zero-order chi connectivity index (χ0) is 16.5. The Kier molecular flexibility index (Phi) is 5.94. The van der Waals surface area contributed by atoms with Crippen molar-refractivity contribution < 1.29 is 14.3 Å². The number of hydrogen-bond donors (Lipinski definition) is 2. The molecule has 5 nitrogen and oxygen atoms in total. The van der Waals surface area contributed by atoms with E-state index in [4.69, 9.17) is 4.74 Å². The molecule has 0 aliphatic rings. The maximum absolute atomic E-state index is 11.9. The van der Waals surface area contributed by atoms with E-state index in [9.17, 15) is 9.59 Å². The lowest BCUT2D eigenvalue weighted by Gasteiger charge is -2.04. The monoisotopic (exact) mass is 310 g/mol. The van der Waals surface area contributed by atoms with Crippen LogP contribution >= 0.6 is 0 Å². The third-order valence-corrected chi connectivity index (χ3v) is 3.11. The highest BCUT2D eigenvalue weighted by atomic mass is 16.5. The Labute approximate surface area is 134 Å². The lowest BCUT2D eigenvalue weighted by atomic mass is 10.1. The Balaban J connectivity index is 1.77. The summed E-state index contributed by atoms with van der Waals surface area (Å²) in [6.45, 7) is 0. The van der Waals surface area contributed by atoms with Gasteiger partial charge in [-0.3, -0.25) is 15.0 Å². The number of amides is 1. The summed E-state index contributed by atoms with van der Waals surface area (Å²) in [6, 6.07) is 16.2. The van der Waals surface area contributed by atoms with Gasteiger partial charge in [-0.15, -0.1) is 0 Å². The Bertz CT molecular complexity index is 679. The maximum atomic E-state index is 11.9. The fourth-order valence-electron chi connectivity index (χ4n) is 1.92. The molecule has 2 aromatic carbocycles. The van der Waals surface area contributed by atoms with Crippen LogP contribution in [0.5, 0.6) is 5.75 Å². The van der Waals surface area contributed by atoms with Crippen LogP contribution in [0.3, 0.4) is 0 Å². The zero-order valence-electron chi connectivity index (χ0n) is 12.8. The van der Waals surface area contributed by atoms with Crippen LogP contribution in [-0.2, 0) is 11.2 Å². The number of hydrazine groups is 1. The Morgan fingerprint density at radius 2 is 1.74 bits per heavy atom. The number of methoxy groups -OCH3 is 1. The van der Waals surface area contributed by atoms with E-state index in [-0.39, 0.29) is 18.1 Å². The molecule has 0 atom stereocenters. The van der Waals surface area contributed by atoms with Crippen molar-refractivity contribution in [3.8, 4) is 5.75 Å². The molecule has 0 heterocycles. The average Bonchev–Trinajstić information content (AvgIpc) is 2.59. The summed E-state index contributed by atoms with van der Waals surface area (Å²) in [5, 5.41) is 0. The second-order valence-corrected chi connectivity index (χ2v) is 4.78. The predicted octanol–water partition coefficient (Wildman–Crippen LogP) is 2.26. The standard InChI is InChI=1S/C18H18N2O3/c1-23-16-9-7-15(8-10-16)17(21)11-12-19-20-18(22)13-14-5-3-2-4-6-14/h2-12,19H,13H2,1H3,(H,20,22). The molecule has 118 valence electrons. The molecule has 2 rings (SSSR count). The van der Waals surface area contributed by atoms with Crippen molar-refractivity contribution in [1.29, 1.82) is 0 Å². The normalized spacial score (nSPS) is 10.3. The first-order valence-corrected chi connectivity index (χ1v) is 7.12. The molecule has 0 unspecified atom stereocenters. The number of allylic oxidation sites excluding steroid dienone is 1. The first-order valence-electron chi connectivity index (χ1n) is 7.12. The minimum absolute atomic E-state index is 0.169. The minimum atomic E-state index is -0.183. The van der Waals surface area contributed by atoms with Crippen molar-refractivity contribution in [2.75, 3.05) is 7.11 Å². The molecule has 0 saturated heterocycles. The third-order valence-electron chi connectivity index (χ3n) is 3.11. The van der Waals surface area contributed by atoms with Gasteiger partial charge in [0.2, 0.25) is 5.91 Å². The van der Waals surface area contributed by atoms with Crippen LogP contribution in [0.4, 0.5) is 0 Å². The van der Waals surface area contributed by atoms with Crippen molar-refractivity contribution in [2.45, 2.75) is 6.42 Å². The molecular weight excluding hydrogens is 292 g/mol. The summed E-state index contributed by atoms with van der Waals surface area (Å²) < 4.78 is 5.03. The molecule has 0 radical (unpaired) electrons. The molecule has 0 bridgehead atoms. The van der Waals surface area contributed by atoms with Gasteiger partial charge >= 0.3 is 0 Å². The molecule has 0 aromatic heterocycles. The molecule has 2 aromatic rings. The summed E-state index contributed by atoms with van der Waals surface area (Å²) in [5.74, 6) is 0.340. The lowest BCUT2D eigenvalue weighted by molar-refractivity contribution is -0.121. The number of rotatable bonds is 7. The van der Waals surface area contributed by atoms with Crippen LogP contribution < -0.4 is 15.6 Å². The quantitative estimate of drug-likeness (QED) is 0.468. The molecule has 0 spiro atoms. The van der Waals surface area contributed by atoms with Gasteiger partial charge in [0.05, 0.1) is 13.5 Å². The van der Waals surface area contributed by atoms with E-state index in [1.165, 1.54) is 12.3 Å². The number of ketones is 1. The molecule has 0 aliphatic carbocycles. The van der Waals surface area contributed by atoms with Crippen LogP contribution in [0.25, 0.3) is 0 Å². The van der Waals surface area contributed by atoms with E-state index in [1.807, 2.05) is 30.3 Å². The number of carbonyl (C=O) groups excluding carboxylic acids is 2. The van der Waals surface area contributed by atoms with Gasteiger partial charge < -0.3 is 10.2 Å². The fourth-order valence-corrected chi connectivity index (χ4v) is 1.92. The Morgan fingerprint density at radius 3 is 2.39 bits per heavy atom. The van der Waals surface area contributed by atoms with E-state index < -0.39 is 0 Å². The van der Waals surface area contributed by atoms with Crippen molar-refractivity contribution in [3.05, 3.63) is 78.0 Å². The topological polar surface area (TPSA) is 67.4 Å². The highest BCUT2D eigenvalue weighted by Gasteiger charge is 2.02.